The molecule has 90 valence electrons. The number of hydrogen-bond acceptors (Lipinski definition) is 4. The Hall–Kier alpha value is -1.32. The third-order valence-corrected chi connectivity index (χ3v) is 2.40. The molecule has 1 aromatic heterocycles. The van der Waals surface area contributed by atoms with Crippen LogP contribution < -0.4 is 10.1 Å². The third-order valence-electron chi connectivity index (χ3n) is 2.40. The summed E-state index contributed by atoms with van der Waals surface area (Å²) in [5.74, 6) is 1.49. The first-order valence-electron chi connectivity index (χ1n) is 5.53. The van der Waals surface area contributed by atoms with E-state index in [1.54, 1.807) is 7.11 Å². The van der Waals surface area contributed by atoms with Crippen LogP contribution in [-0.4, -0.2) is 23.6 Å². The predicted octanol–water partition coefficient (Wildman–Crippen LogP) is 2.64. The molecule has 1 heterocycles. The van der Waals surface area contributed by atoms with Crippen LogP contribution in [0.25, 0.3) is 0 Å². The van der Waals surface area contributed by atoms with Gasteiger partial charge >= 0.3 is 0 Å². The van der Waals surface area contributed by atoms with Crippen molar-refractivity contribution in [2.24, 2.45) is 5.41 Å². The number of hydrogen-bond donors (Lipinski definition) is 1. The number of nitrogens with zero attached hydrogens (tertiary/aromatic N) is 2. The number of aromatic nitrogens is 2. The highest BCUT2D eigenvalue weighted by Gasteiger charge is 2.11. The van der Waals surface area contributed by atoms with Gasteiger partial charge < -0.3 is 10.1 Å². The molecular formula is C12H21N3O. The van der Waals surface area contributed by atoms with E-state index in [2.05, 4.69) is 36.1 Å². The number of anilines is 1. The SMILES string of the molecule is COc1ncnc(NCCC(C)(C)C)c1C. The Morgan fingerprint density at radius 2 is 2.00 bits per heavy atom. The molecular weight excluding hydrogens is 202 g/mol. The van der Waals surface area contributed by atoms with E-state index in [4.69, 9.17) is 4.74 Å². The Labute approximate surface area is 97.5 Å². The highest BCUT2D eigenvalue weighted by molar-refractivity contribution is 5.47. The number of nitrogens with one attached hydrogen (secondary N) is 1. The van der Waals surface area contributed by atoms with E-state index in [-0.39, 0.29) is 0 Å². The van der Waals surface area contributed by atoms with Gasteiger partial charge in [-0.15, -0.1) is 0 Å². The molecule has 4 nitrogen and oxygen atoms in total. The van der Waals surface area contributed by atoms with Gasteiger partial charge in [0, 0.05) is 6.54 Å². The van der Waals surface area contributed by atoms with Gasteiger partial charge in [0.1, 0.15) is 12.1 Å². The molecule has 0 fully saturated rings. The zero-order chi connectivity index (χ0) is 12.2. The molecule has 0 atom stereocenters. The average Bonchev–Trinajstić information content (AvgIpc) is 2.19. The Morgan fingerprint density at radius 1 is 1.31 bits per heavy atom. The molecule has 0 spiro atoms. The van der Waals surface area contributed by atoms with Crippen molar-refractivity contribution in [3.8, 4) is 5.88 Å². The van der Waals surface area contributed by atoms with Crippen LogP contribution in [0.4, 0.5) is 5.82 Å². The molecule has 4 heteroatoms. The summed E-state index contributed by atoms with van der Waals surface area (Å²) < 4.78 is 5.14. The van der Waals surface area contributed by atoms with Gasteiger partial charge in [0.2, 0.25) is 5.88 Å². The smallest absolute Gasteiger partial charge is 0.221 e. The van der Waals surface area contributed by atoms with E-state index in [1.165, 1.54) is 6.33 Å². The van der Waals surface area contributed by atoms with Crippen molar-refractivity contribution in [3.05, 3.63) is 11.9 Å². The molecule has 0 bridgehead atoms. The van der Waals surface area contributed by atoms with E-state index in [0.29, 0.717) is 11.3 Å². The lowest BCUT2D eigenvalue weighted by Crippen LogP contribution is -2.14. The maximum Gasteiger partial charge on any atom is 0.221 e. The molecule has 1 aromatic rings. The van der Waals surface area contributed by atoms with Crippen LogP contribution in [0.5, 0.6) is 5.88 Å². The van der Waals surface area contributed by atoms with Crippen molar-refractivity contribution in [2.45, 2.75) is 34.1 Å². The molecule has 0 amide bonds. The monoisotopic (exact) mass is 223 g/mol. The van der Waals surface area contributed by atoms with Crippen molar-refractivity contribution in [1.82, 2.24) is 9.97 Å². The zero-order valence-electron chi connectivity index (χ0n) is 10.8. The van der Waals surface area contributed by atoms with Crippen LogP contribution in [0.2, 0.25) is 0 Å². The molecule has 0 saturated carbocycles. The molecule has 1 N–H and O–H groups in total. The Kier molecular flexibility index (Phi) is 4.10. The highest BCUT2D eigenvalue weighted by Crippen LogP contribution is 2.22. The predicted molar refractivity (Wildman–Crippen MR) is 65.9 cm³/mol. The van der Waals surface area contributed by atoms with Crippen molar-refractivity contribution < 1.29 is 4.74 Å². The van der Waals surface area contributed by atoms with E-state index in [9.17, 15) is 0 Å². The molecule has 0 unspecified atom stereocenters. The standard InChI is InChI=1S/C12H21N3O/c1-9-10(13-7-6-12(2,3)4)14-8-15-11(9)16-5/h8H,6-7H2,1-5H3,(H,13,14,15). The van der Waals surface area contributed by atoms with Crippen molar-refractivity contribution in [1.29, 1.82) is 0 Å². The van der Waals surface area contributed by atoms with E-state index >= 15 is 0 Å². The molecule has 0 aliphatic carbocycles. The zero-order valence-corrected chi connectivity index (χ0v) is 10.8. The minimum atomic E-state index is 0.331. The fourth-order valence-electron chi connectivity index (χ4n) is 1.37. The topological polar surface area (TPSA) is 47.0 Å². The van der Waals surface area contributed by atoms with Gasteiger partial charge in [-0.3, -0.25) is 0 Å². The Morgan fingerprint density at radius 3 is 2.56 bits per heavy atom. The van der Waals surface area contributed by atoms with E-state index in [0.717, 1.165) is 24.3 Å². The van der Waals surface area contributed by atoms with Crippen molar-refractivity contribution >= 4 is 5.82 Å². The number of methoxy groups -OCH3 is 1. The quantitative estimate of drug-likeness (QED) is 0.852. The minimum absolute atomic E-state index is 0.331. The molecule has 0 saturated heterocycles. The lowest BCUT2D eigenvalue weighted by molar-refractivity contribution is 0.388. The van der Waals surface area contributed by atoms with Crippen LogP contribution in [0.15, 0.2) is 6.33 Å². The fourth-order valence-corrected chi connectivity index (χ4v) is 1.37. The number of rotatable bonds is 4. The summed E-state index contributed by atoms with van der Waals surface area (Å²) in [4.78, 5) is 8.25. The Bertz CT molecular complexity index is 345. The van der Waals surface area contributed by atoms with E-state index in [1.807, 2.05) is 6.92 Å². The average molecular weight is 223 g/mol. The van der Waals surface area contributed by atoms with Gasteiger partial charge in [-0.25, -0.2) is 9.97 Å². The summed E-state index contributed by atoms with van der Waals surface area (Å²) >= 11 is 0. The van der Waals surface area contributed by atoms with Gasteiger partial charge in [-0.1, -0.05) is 20.8 Å². The molecule has 0 radical (unpaired) electrons. The summed E-state index contributed by atoms with van der Waals surface area (Å²) in [7, 11) is 1.62. The maximum absolute atomic E-state index is 5.14. The largest absolute Gasteiger partial charge is 0.481 e. The second kappa shape index (κ2) is 5.14. The lowest BCUT2D eigenvalue weighted by Gasteiger charge is -2.18. The first-order valence-corrected chi connectivity index (χ1v) is 5.53. The molecule has 0 aliphatic heterocycles. The van der Waals surface area contributed by atoms with Gasteiger partial charge in [0.15, 0.2) is 0 Å². The summed E-state index contributed by atoms with van der Waals surface area (Å²) in [6.07, 6.45) is 2.62. The Balaban J connectivity index is 2.61. The van der Waals surface area contributed by atoms with Gasteiger partial charge in [0.25, 0.3) is 0 Å². The molecule has 0 aliphatic rings. The fraction of sp³-hybridized carbons (Fsp3) is 0.667. The van der Waals surface area contributed by atoms with Gasteiger partial charge in [-0.05, 0) is 18.8 Å². The summed E-state index contributed by atoms with van der Waals surface area (Å²) in [6, 6.07) is 0. The second-order valence-electron chi connectivity index (χ2n) is 5.09. The second-order valence-corrected chi connectivity index (χ2v) is 5.09. The molecule has 0 aromatic carbocycles. The summed E-state index contributed by atoms with van der Waals surface area (Å²) in [6.45, 7) is 9.54. The minimum Gasteiger partial charge on any atom is -0.481 e. The van der Waals surface area contributed by atoms with Crippen LogP contribution in [0.3, 0.4) is 0 Å². The van der Waals surface area contributed by atoms with Crippen molar-refractivity contribution in [3.63, 3.8) is 0 Å². The maximum atomic E-state index is 5.14. The summed E-state index contributed by atoms with van der Waals surface area (Å²) in [5.41, 5.74) is 1.29. The summed E-state index contributed by atoms with van der Waals surface area (Å²) in [5, 5.41) is 3.31. The third kappa shape index (κ3) is 3.68. The molecule has 16 heavy (non-hydrogen) atoms. The van der Waals surface area contributed by atoms with Crippen LogP contribution in [0, 0.1) is 12.3 Å². The van der Waals surface area contributed by atoms with Crippen LogP contribution in [0.1, 0.15) is 32.8 Å². The van der Waals surface area contributed by atoms with Crippen LogP contribution in [-0.2, 0) is 0 Å². The van der Waals surface area contributed by atoms with E-state index < -0.39 is 0 Å². The normalized spacial score (nSPS) is 11.3. The lowest BCUT2D eigenvalue weighted by atomic mass is 9.92. The molecule has 1 rings (SSSR count). The van der Waals surface area contributed by atoms with Crippen molar-refractivity contribution in [2.75, 3.05) is 19.0 Å². The first kappa shape index (κ1) is 12.7. The number of ether oxygens (including phenoxy) is 1. The first-order chi connectivity index (χ1) is 7.44. The highest BCUT2D eigenvalue weighted by atomic mass is 16.5. The van der Waals surface area contributed by atoms with Gasteiger partial charge in [0.05, 0.1) is 12.7 Å². The van der Waals surface area contributed by atoms with Gasteiger partial charge in [-0.2, -0.15) is 0 Å². The van der Waals surface area contributed by atoms with Crippen LogP contribution >= 0.6 is 0 Å².